The molecule has 0 aliphatic carbocycles. The fourth-order valence-corrected chi connectivity index (χ4v) is 4.39. The summed E-state index contributed by atoms with van der Waals surface area (Å²) >= 11 is 10.9. The van der Waals surface area contributed by atoms with Gasteiger partial charge in [-0.3, -0.25) is 4.79 Å². The summed E-state index contributed by atoms with van der Waals surface area (Å²) in [5.74, 6) is -0.0807. The summed E-state index contributed by atoms with van der Waals surface area (Å²) in [5, 5.41) is 12.7. The number of carboxylic acids is 1. The molecule has 0 bridgehead atoms. The SMILES string of the molecule is CCCCc1nc(Cl)c(CNC(=O)C(CS)Cc2ccccc2)n1Cc1cccc(C(=O)O)c1. The molecular weight excluding hydrogens is 470 g/mol. The molecule has 0 aliphatic heterocycles. The molecule has 34 heavy (non-hydrogen) atoms. The first kappa shape index (κ1) is 25.8. The molecule has 8 heteroatoms. The minimum atomic E-state index is -0.972. The van der Waals surface area contributed by atoms with Crippen molar-refractivity contribution in [3.05, 3.63) is 88.0 Å². The summed E-state index contributed by atoms with van der Waals surface area (Å²) in [4.78, 5) is 28.9. The number of nitrogens with zero attached hydrogens (tertiary/aromatic N) is 2. The smallest absolute Gasteiger partial charge is 0.335 e. The zero-order valence-corrected chi connectivity index (χ0v) is 20.9. The van der Waals surface area contributed by atoms with Crippen LogP contribution in [-0.4, -0.2) is 32.3 Å². The molecule has 3 rings (SSSR count). The van der Waals surface area contributed by atoms with Gasteiger partial charge in [-0.05, 0) is 36.1 Å². The Morgan fingerprint density at radius 2 is 1.88 bits per heavy atom. The lowest BCUT2D eigenvalue weighted by atomic mass is 10.0. The minimum absolute atomic E-state index is 0.0920. The van der Waals surface area contributed by atoms with Crippen LogP contribution in [0.3, 0.4) is 0 Å². The number of nitrogens with one attached hydrogen (secondary N) is 1. The number of aromatic nitrogens is 2. The number of carboxylic acid groups (broad SMARTS) is 1. The number of rotatable bonds is 12. The maximum Gasteiger partial charge on any atom is 0.335 e. The molecule has 1 unspecified atom stereocenters. The molecule has 1 aromatic heterocycles. The lowest BCUT2D eigenvalue weighted by molar-refractivity contribution is -0.124. The van der Waals surface area contributed by atoms with Gasteiger partial charge in [-0.1, -0.05) is 67.4 Å². The number of aryl methyl sites for hydroxylation is 1. The summed E-state index contributed by atoms with van der Waals surface area (Å²) in [5.41, 5.74) is 2.85. The first-order chi connectivity index (χ1) is 16.4. The van der Waals surface area contributed by atoms with Crippen LogP contribution in [0.25, 0.3) is 0 Å². The summed E-state index contributed by atoms with van der Waals surface area (Å²) in [6.45, 7) is 2.76. The highest BCUT2D eigenvalue weighted by molar-refractivity contribution is 7.80. The third-order valence-electron chi connectivity index (χ3n) is 5.72. The van der Waals surface area contributed by atoms with E-state index in [1.54, 1.807) is 18.2 Å². The van der Waals surface area contributed by atoms with Gasteiger partial charge in [-0.25, -0.2) is 9.78 Å². The summed E-state index contributed by atoms with van der Waals surface area (Å²) in [7, 11) is 0. The molecule has 180 valence electrons. The Hall–Kier alpha value is -2.77. The van der Waals surface area contributed by atoms with Crippen molar-refractivity contribution in [3.8, 4) is 0 Å². The van der Waals surface area contributed by atoms with Gasteiger partial charge in [0.05, 0.1) is 23.7 Å². The number of aromatic carboxylic acids is 1. The minimum Gasteiger partial charge on any atom is -0.478 e. The van der Waals surface area contributed by atoms with E-state index in [1.807, 2.05) is 41.0 Å². The molecule has 0 spiro atoms. The van der Waals surface area contributed by atoms with Crippen molar-refractivity contribution in [3.63, 3.8) is 0 Å². The van der Waals surface area contributed by atoms with Crippen LogP contribution in [-0.2, 0) is 30.7 Å². The average Bonchev–Trinajstić information content (AvgIpc) is 3.14. The number of thiol groups is 1. The highest BCUT2D eigenvalue weighted by atomic mass is 35.5. The normalized spacial score (nSPS) is 11.9. The molecule has 0 saturated heterocycles. The van der Waals surface area contributed by atoms with Gasteiger partial charge in [0, 0.05) is 18.7 Å². The van der Waals surface area contributed by atoms with Crippen molar-refractivity contribution in [2.45, 2.75) is 45.7 Å². The number of carbonyl (C=O) groups is 2. The Morgan fingerprint density at radius 3 is 2.56 bits per heavy atom. The summed E-state index contributed by atoms with van der Waals surface area (Å²) in [6.07, 6.45) is 3.31. The Labute approximate surface area is 210 Å². The second kappa shape index (κ2) is 12.6. The van der Waals surface area contributed by atoms with E-state index >= 15 is 0 Å². The highest BCUT2D eigenvalue weighted by Crippen LogP contribution is 2.22. The van der Waals surface area contributed by atoms with E-state index in [1.165, 1.54) is 0 Å². The molecular formula is C26H30ClN3O3S. The zero-order chi connectivity index (χ0) is 24.5. The van der Waals surface area contributed by atoms with Crippen LogP contribution in [0, 0.1) is 5.92 Å². The van der Waals surface area contributed by atoms with Crippen LogP contribution in [0.5, 0.6) is 0 Å². The Morgan fingerprint density at radius 1 is 1.15 bits per heavy atom. The predicted octanol–water partition coefficient (Wildman–Crippen LogP) is 5.03. The van der Waals surface area contributed by atoms with Gasteiger partial charge >= 0.3 is 5.97 Å². The zero-order valence-electron chi connectivity index (χ0n) is 19.2. The first-order valence-corrected chi connectivity index (χ1v) is 12.4. The monoisotopic (exact) mass is 499 g/mol. The van der Waals surface area contributed by atoms with Gasteiger partial charge in [0.2, 0.25) is 5.91 Å². The molecule has 0 aliphatic rings. The average molecular weight is 500 g/mol. The molecule has 0 saturated carbocycles. The predicted molar refractivity (Wildman–Crippen MR) is 138 cm³/mol. The molecule has 2 aromatic carbocycles. The van der Waals surface area contributed by atoms with E-state index in [-0.39, 0.29) is 23.9 Å². The van der Waals surface area contributed by atoms with Crippen molar-refractivity contribution in [1.29, 1.82) is 0 Å². The maximum atomic E-state index is 12.9. The van der Waals surface area contributed by atoms with E-state index in [0.29, 0.717) is 29.6 Å². The molecule has 0 fully saturated rings. The molecule has 6 nitrogen and oxygen atoms in total. The number of imidazole rings is 1. The van der Waals surface area contributed by atoms with E-state index in [0.717, 1.165) is 36.2 Å². The molecule has 1 heterocycles. The maximum absolute atomic E-state index is 12.9. The van der Waals surface area contributed by atoms with Crippen LogP contribution in [0.2, 0.25) is 5.15 Å². The molecule has 1 atom stereocenters. The second-order valence-corrected chi connectivity index (χ2v) is 8.97. The van der Waals surface area contributed by atoms with Crippen molar-refractivity contribution >= 4 is 36.1 Å². The van der Waals surface area contributed by atoms with Crippen LogP contribution in [0.1, 0.15) is 52.8 Å². The van der Waals surface area contributed by atoms with Crippen molar-refractivity contribution in [2.75, 3.05) is 5.75 Å². The number of halogens is 1. The number of carbonyl (C=O) groups excluding carboxylic acids is 1. The molecule has 3 aromatic rings. The van der Waals surface area contributed by atoms with Crippen LogP contribution < -0.4 is 5.32 Å². The van der Waals surface area contributed by atoms with E-state index in [4.69, 9.17) is 11.6 Å². The van der Waals surface area contributed by atoms with Crippen molar-refractivity contribution in [1.82, 2.24) is 14.9 Å². The second-order valence-electron chi connectivity index (χ2n) is 8.25. The van der Waals surface area contributed by atoms with Gasteiger partial charge in [0.15, 0.2) is 5.15 Å². The highest BCUT2D eigenvalue weighted by Gasteiger charge is 2.21. The third kappa shape index (κ3) is 6.87. The van der Waals surface area contributed by atoms with Crippen LogP contribution >= 0.6 is 24.2 Å². The lowest BCUT2D eigenvalue weighted by Crippen LogP contribution is -2.33. The lowest BCUT2D eigenvalue weighted by Gasteiger charge is -2.17. The Kier molecular flexibility index (Phi) is 9.60. The van der Waals surface area contributed by atoms with Gasteiger partial charge in [-0.15, -0.1) is 0 Å². The van der Waals surface area contributed by atoms with E-state index < -0.39 is 5.97 Å². The van der Waals surface area contributed by atoms with Gasteiger partial charge in [0.1, 0.15) is 5.82 Å². The Bertz CT molecular complexity index is 1120. The quantitative estimate of drug-likeness (QED) is 0.305. The van der Waals surface area contributed by atoms with Crippen molar-refractivity contribution in [2.24, 2.45) is 5.92 Å². The number of hydrogen-bond donors (Lipinski definition) is 3. The van der Waals surface area contributed by atoms with Gasteiger partial charge in [0.25, 0.3) is 0 Å². The van der Waals surface area contributed by atoms with Crippen molar-refractivity contribution < 1.29 is 14.7 Å². The molecule has 0 radical (unpaired) electrons. The standard InChI is InChI=1S/C26H30ClN3O3S/c1-2-3-12-23-29-24(27)22(30(23)16-19-10-7-11-20(14-19)26(32)33)15-28-25(31)21(17-34)13-18-8-5-4-6-9-18/h4-11,14,21,34H,2-3,12-13,15-17H2,1H3,(H,28,31)(H,32,33). The number of benzene rings is 2. The number of amides is 1. The molecule has 1 amide bonds. The first-order valence-electron chi connectivity index (χ1n) is 11.4. The molecule has 2 N–H and O–H groups in total. The Balaban J connectivity index is 1.80. The van der Waals surface area contributed by atoms with E-state index in [9.17, 15) is 14.7 Å². The van der Waals surface area contributed by atoms with Gasteiger partial charge < -0.3 is 15.0 Å². The fourth-order valence-electron chi connectivity index (χ4n) is 3.83. The van der Waals surface area contributed by atoms with E-state index in [2.05, 4.69) is 29.9 Å². The fraction of sp³-hybridized carbons (Fsp3) is 0.346. The van der Waals surface area contributed by atoms with Crippen LogP contribution in [0.15, 0.2) is 54.6 Å². The third-order valence-corrected chi connectivity index (χ3v) is 6.46. The van der Waals surface area contributed by atoms with Crippen LogP contribution in [0.4, 0.5) is 0 Å². The number of hydrogen-bond acceptors (Lipinski definition) is 4. The largest absolute Gasteiger partial charge is 0.478 e. The summed E-state index contributed by atoms with van der Waals surface area (Å²) in [6, 6.07) is 16.7. The number of unbranched alkanes of at least 4 members (excludes halogenated alkanes) is 1. The summed E-state index contributed by atoms with van der Waals surface area (Å²) < 4.78 is 1.99. The topological polar surface area (TPSA) is 84.2 Å². The van der Waals surface area contributed by atoms with Gasteiger partial charge in [-0.2, -0.15) is 12.6 Å².